The molecular formula is C4HClF3N2. The van der Waals surface area contributed by atoms with Crippen LogP contribution in [0, 0.1) is 6.20 Å². The standard InChI is InChI=1S/C4HClF3N2/c5-3-2(1-9-10-3)4(6,7)8/h(H,9,10). The van der Waals surface area contributed by atoms with Crippen molar-refractivity contribution in [3.05, 3.63) is 16.9 Å². The molecule has 1 N–H and O–H groups in total. The maximum absolute atomic E-state index is 11.7. The zero-order chi connectivity index (χ0) is 7.78. The molecule has 0 aromatic carbocycles. The van der Waals surface area contributed by atoms with Crippen LogP contribution >= 0.6 is 11.6 Å². The molecule has 55 valence electrons. The Bertz CT molecular complexity index is 229. The molecule has 0 aliphatic heterocycles. The number of hydrogen-bond acceptors (Lipinski definition) is 1. The van der Waals surface area contributed by atoms with Crippen molar-refractivity contribution in [3.8, 4) is 0 Å². The van der Waals surface area contributed by atoms with Gasteiger partial charge in [0.05, 0.1) is 0 Å². The van der Waals surface area contributed by atoms with Gasteiger partial charge in [-0.25, -0.2) is 0 Å². The maximum Gasteiger partial charge on any atom is 0.421 e. The molecule has 0 saturated heterocycles. The first-order valence-corrected chi connectivity index (χ1v) is 2.58. The minimum absolute atomic E-state index is 0.535. The van der Waals surface area contributed by atoms with Crippen LogP contribution in [0.15, 0.2) is 0 Å². The number of halogens is 4. The van der Waals surface area contributed by atoms with Crippen LogP contribution in [0.2, 0.25) is 5.15 Å². The van der Waals surface area contributed by atoms with Crippen molar-refractivity contribution in [2.45, 2.75) is 6.18 Å². The van der Waals surface area contributed by atoms with Crippen LogP contribution in [0.5, 0.6) is 0 Å². The van der Waals surface area contributed by atoms with Crippen LogP contribution in [0.3, 0.4) is 0 Å². The van der Waals surface area contributed by atoms with E-state index in [1.54, 1.807) is 6.20 Å². The quantitative estimate of drug-likeness (QED) is 0.631. The summed E-state index contributed by atoms with van der Waals surface area (Å²) in [6.07, 6.45) is -2.79. The lowest BCUT2D eigenvalue weighted by atomic mass is 10.4. The summed E-state index contributed by atoms with van der Waals surface area (Å²) < 4.78 is 35.1. The zero-order valence-corrected chi connectivity index (χ0v) is 5.22. The minimum Gasteiger partial charge on any atom is -0.266 e. The second-order valence-electron chi connectivity index (χ2n) is 1.52. The third-order valence-electron chi connectivity index (χ3n) is 0.825. The van der Waals surface area contributed by atoms with E-state index in [-0.39, 0.29) is 0 Å². The highest BCUT2D eigenvalue weighted by Crippen LogP contribution is 2.32. The van der Waals surface area contributed by atoms with Crippen LogP contribution in [-0.2, 0) is 6.18 Å². The van der Waals surface area contributed by atoms with Gasteiger partial charge in [0.2, 0.25) is 0 Å². The van der Waals surface area contributed by atoms with Gasteiger partial charge < -0.3 is 0 Å². The fourth-order valence-electron chi connectivity index (χ4n) is 0.426. The highest BCUT2D eigenvalue weighted by Gasteiger charge is 2.35. The smallest absolute Gasteiger partial charge is 0.266 e. The fraction of sp³-hybridized carbons (Fsp3) is 0.250. The van der Waals surface area contributed by atoms with E-state index in [9.17, 15) is 13.2 Å². The van der Waals surface area contributed by atoms with Crippen molar-refractivity contribution in [1.29, 1.82) is 0 Å². The Morgan fingerprint density at radius 3 is 2.30 bits per heavy atom. The molecule has 0 spiro atoms. The average molecular weight is 170 g/mol. The Kier molecular flexibility index (Phi) is 1.60. The van der Waals surface area contributed by atoms with E-state index in [0.29, 0.717) is 0 Å². The van der Waals surface area contributed by atoms with Crippen molar-refractivity contribution in [3.63, 3.8) is 0 Å². The average Bonchev–Trinajstić information content (AvgIpc) is 2.11. The monoisotopic (exact) mass is 169 g/mol. The lowest BCUT2D eigenvalue weighted by Gasteiger charge is -2.00. The van der Waals surface area contributed by atoms with Gasteiger partial charge in [0.1, 0.15) is 16.9 Å². The Balaban J connectivity index is 3.05. The predicted molar refractivity (Wildman–Crippen MR) is 27.4 cm³/mol. The van der Waals surface area contributed by atoms with Gasteiger partial charge in [-0.15, -0.1) is 0 Å². The highest BCUT2D eigenvalue weighted by atomic mass is 35.5. The molecule has 6 heteroatoms. The first-order chi connectivity index (χ1) is 4.52. The lowest BCUT2D eigenvalue weighted by molar-refractivity contribution is -0.137. The Hall–Kier alpha value is -0.710. The van der Waals surface area contributed by atoms with Crippen LogP contribution in [0.4, 0.5) is 13.2 Å². The molecule has 10 heavy (non-hydrogen) atoms. The van der Waals surface area contributed by atoms with Crippen LogP contribution < -0.4 is 0 Å². The summed E-state index contributed by atoms with van der Waals surface area (Å²) in [6, 6.07) is 0. The molecule has 1 aromatic heterocycles. The number of nitrogens with one attached hydrogen (secondary N) is 1. The van der Waals surface area contributed by atoms with Gasteiger partial charge in [0.15, 0.2) is 0 Å². The molecule has 0 aliphatic carbocycles. The minimum atomic E-state index is -4.47. The number of aromatic amines is 1. The second-order valence-corrected chi connectivity index (χ2v) is 1.90. The molecule has 0 saturated carbocycles. The number of alkyl halides is 3. The van der Waals surface area contributed by atoms with E-state index in [2.05, 4.69) is 5.10 Å². The summed E-state index contributed by atoms with van der Waals surface area (Å²) in [5.41, 5.74) is -1.06. The van der Waals surface area contributed by atoms with Crippen molar-refractivity contribution in [1.82, 2.24) is 10.2 Å². The van der Waals surface area contributed by atoms with Crippen molar-refractivity contribution < 1.29 is 13.2 Å². The Labute approximate surface area is 59.0 Å². The van der Waals surface area contributed by atoms with E-state index in [1.807, 2.05) is 5.10 Å². The van der Waals surface area contributed by atoms with Crippen LogP contribution in [0.25, 0.3) is 0 Å². The third-order valence-corrected chi connectivity index (χ3v) is 1.10. The summed E-state index contributed by atoms with van der Waals surface area (Å²) >= 11 is 5.06. The fourth-order valence-corrected chi connectivity index (χ4v) is 0.617. The Morgan fingerprint density at radius 1 is 1.50 bits per heavy atom. The van der Waals surface area contributed by atoms with E-state index < -0.39 is 16.9 Å². The van der Waals surface area contributed by atoms with Crippen molar-refractivity contribution >= 4 is 11.6 Å². The summed E-state index contributed by atoms with van der Waals surface area (Å²) in [4.78, 5) is 0. The van der Waals surface area contributed by atoms with Crippen molar-refractivity contribution in [2.24, 2.45) is 0 Å². The van der Waals surface area contributed by atoms with Crippen LogP contribution in [-0.4, -0.2) is 10.2 Å². The third kappa shape index (κ3) is 1.23. The molecule has 0 unspecified atom stereocenters. The first kappa shape index (κ1) is 7.40. The molecule has 0 amide bonds. The summed E-state index contributed by atoms with van der Waals surface area (Å²) in [5, 5.41) is 4.37. The van der Waals surface area contributed by atoms with E-state index in [4.69, 9.17) is 11.6 Å². The molecule has 1 aromatic rings. The predicted octanol–water partition coefficient (Wildman–Crippen LogP) is 1.88. The molecule has 0 atom stereocenters. The van der Waals surface area contributed by atoms with Gasteiger partial charge in [-0.3, -0.25) is 5.10 Å². The van der Waals surface area contributed by atoms with Gasteiger partial charge >= 0.3 is 6.18 Å². The summed E-state index contributed by atoms with van der Waals surface area (Å²) in [5.74, 6) is 0. The van der Waals surface area contributed by atoms with Gasteiger partial charge in [0.25, 0.3) is 0 Å². The molecule has 1 rings (SSSR count). The first-order valence-electron chi connectivity index (χ1n) is 2.20. The highest BCUT2D eigenvalue weighted by molar-refractivity contribution is 6.30. The number of hydrogen-bond donors (Lipinski definition) is 1. The summed E-state index contributed by atoms with van der Waals surface area (Å²) in [6.45, 7) is 0. The largest absolute Gasteiger partial charge is 0.421 e. The van der Waals surface area contributed by atoms with Gasteiger partial charge in [0, 0.05) is 0 Å². The molecule has 2 nitrogen and oxygen atoms in total. The van der Waals surface area contributed by atoms with Gasteiger partial charge in [-0.2, -0.15) is 18.3 Å². The van der Waals surface area contributed by atoms with E-state index in [0.717, 1.165) is 0 Å². The van der Waals surface area contributed by atoms with Gasteiger partial charge in [-0.05, 0) is 0 Å². The van der Waals surface area contributed by atoms with Crippen LogP contribution in [0.1, 0.15) is 5.56 Å². The maximum atomic E-state index is 11.7. The van der Waals surface area contributed by atoms with Gasteiger partial charge in [-0.1, -0.05) is 11.6 Å². The topological polar surface area (TPSA) is 28.7 Å². The second kappa shape index (κ2) is 2.16. The van der Waals surface area contributed by atoms with Crippen molar-refractivity contribution in [2.75, 3.05) is 0 Å². The lowest BCUT2D eigenvalue weighted by Crippen LogP contribution is -2.03. The SMILES string of the molecule is FC(F)(F)c1[c]n[nH]c1Cl. The zero-order valence-electron chi connectivity index (χ0n) is 4.46. The Morgan fingerprint density at radius 2 is 2.10 bits per heavy atom. The number of aromatic nitrogens is 2. The van der Waals surface area contributed by atoms with E-state index in [1.165, 1.54) is 0 Å². The number of rotatable bonds is 0. The number of H-pyrrole nitrogens is 1. The molecule has 1 radical (unpaired) electrons. The molecular weight excluding hydrogens is 169 g/mol. The molecule has 0 bridgehead atoms. The normalized spacial score (nSPS) is 12.0. The molecule has 0 fully saturated rings. The summed E-state index contributed by atoms with van der Waals surface area (Å²) in [7, 11) is 0. The molecule has 0 aliphatic rings. The number of nitrogens with zero attached hydrogens (tertiary/aromatic N) is 1. The van der Waals surface area contributed by atoms with E-state index >= 15 is 0 Å². The molecule has 1 heterocycles.